The average molecular weight is 394 g/mol. The third-order valence-corrected chi connectivity index (χ3v) is 4.32. The molecule has 0 aliphatic heterocycles. The number of nitrogens with one attached hydrogen (secondary N) is 1. The van der Waals surface area contributed by atoms with E-state index in [1.54, 1.807) is 31.5 Å². The van der Waals surface area contributed by atoms with E-state index in [1.807, 2.05) is 13.0 Å². The van der Waals surface area contributed by atoms with Crippen molar-refractivity contribution in [3.05, 3.63) is 64.6 Å². The quantitative estimate of drug-likeness (QED) is 0.559. The summed E-state index contributed by atoms with van der Waals surface area (Å²) in [5, 5.41) is 17.1. The Morgan fingerprint density at radius 1 is 1.11 bits per heavy atom. The SMILES string of the molecule is Cc1cc(Nc2cc3c(cn2)cnn3-c2c(F)cc(C#N)cc2Cl)nc(C)n1. The first kappa shape index (κ1) is 17.8. The first-order chi connectivity index (χ1) is 13.4. The molecule has 28 heavy (non-hydrogen) atoms. The molecule has 0 saturated heterocycles. The third-order valence-electron chi connectivity index (χ3n) is 4.03. The molecule has 0 spiro atoms. The molecule has 0 atom stereocenters. The predicted molar refractivity (Wildman–Crippen MR) is 103 cm³/mol. The van der Waals surface area contributed by atoms with Crippen LogP contribution in [0, 0.1) is 31.0 Å². The van der Waals surface area contributed by atoms with Gasteiger partial charge < -0.3 is 5.32 Å². The monoisotopic (exact) mass is 393 g/mol. The second-order valence-corrected chi connectivity index (χ2v) is 6.56. The van der Waals surface area contributed by atoms with Crippen LogP contribution >= 0.6 is 11.6 Å². The maximum absolute atomic E-state index is 14.6. The molecule has 1 N–H and O–H groups in total. The average Bonchev–Trinajstić information content (AvgIpc) is 3.03. The van der Waals surface area contributed by atoms with Gasteiger partial charge in [0.15, 0.2) is 5.82 Å². The lowest BCUT2D eigenvalue weighted by atomic mass is 10.2. The summed E-state index contributed by atoms with van der Waals surface area (Å²) < 4.78 is 16.0. The van der Waals surface area contributed by atoms with Crippen LogP contribution in [0.3, 0.4) is 0 Å². The van der Waals surface area contributed by atoms with E-state index in [1.165, 1.54) is 10.7 Å². The number of benzene rings is 1. The van der Waals surface area contributed by atoms with Crippen molar-refractivity contribution in [1.29, 1.82) is 5.26 Å². The summed E-state index contributed by atoms with van der Waals surface area (Å²) >= 11 is 6.21. The Morgan fingerprint density at radius 2 is 1.93 bits per heavy atom. The van der Waals surface area contributed by atoms with Crippen LogP contribution in [0.5, 0.6) is 0 Å². The summed E-state index contributed by atoms with van der Waals surface area (Å²) in [4.78, 5) is 12.9. The molecule has 9 heteroatoms. The summed E-state index contributed by atoms with van der Waals surface area (Å²) in [6.45, 7) is 3.68. The Morgan fingerprint density at radius 3 is 2.64 bits per heavy atom. The number of rotatable bonds is 3. The van der Waals surface area contributed by atoms with Crippen LogP contribution in [0.2, 0.25) is 5.02 Å². The zero-order valence-electron chi connectivity index (χ0n) is 14.9. The molecule has 7 nitrogen and oxygen atoms in total. The molecule has 0 aliphatic carbocycles. The molecular weight excluding hydrogens is 381 g/mol. The molecule has 0 unspecified atom stereocenters. The van der Waals surface area contributed by atoms with E-state index in [0.29, 0.717) is 28.4 Å². The van der Waals surface area contributed by atoms with Crippen LogP contribution < -0.4 is 5.32 Å². The Kier molecular flexibility index (Phi) is 4.37. The van der Waals surface area contributed by atoms with Gasteiger partial charge in [-0.2, -0.15) is 10.4 Å². The Hall–Kier alpha value is -3.57. The lowest BCUT2D eigenvalue weighted by Crippen LogP contribution is -2.03. The minimum absolute atomic E-state index is 0.0709. The van der Waals surface area contributed by atoms with Crippen molar-refractivity contribution >= 4 is 34.1 Å². The molecule has 0 radical (unpaired) electrons. The number of aryl methyl sites for hydroxylation is 2. The number of hydrogen-bond donors (Lipinski definition) is 1. The molecule has 1 aromatic carbocycles. The number of fused-ring (bicyclic) bond motifs is 1. The number of anilines is 2. The third kappa shape index (κ3) is 3.23. The van der Waals surface area contributed by atoms with Crippen LogP contribution in [0.15, 0.2) is 36.7 Å². The predicted octanol–water partition coefficient (Wildman–Crippen LogP) is 4.24. The van der Waals surface area contributed by atoms with Gasteiger partial charge >= 0.3 is 0 Å². The van der Waals surface area contributed by atoms with Crippen LogP contribution in [-0.4, -0.2) is 24.7 Å². The first-order valence-electron chi connectivity index (χ1n) is 8.27. The topological polar surface area (TPSA) is 92.3 Å². The number of halogens is 2. The molecule has 0 bridgehead atoms. The van der Waals surface area contributed by atoms with Gasteiger partial charge in [-0.1, -0.05) is 11.6 Å². The van der Waals surface area contributed by atoms with Crippen molar-refractivity contribution in [2.24, 2.45) is 0 Å². The summed E-state index contributed by atoms with van der Waals surface area (Å²) in [5.41, 5.74) is 1.64. The Balaban J connectivity index is 1.80. The van der Waals surface area contributed by atoms with Gasteiger partial charge in [-0.05, 0) is 26.0 Å². The molecule has 0 aliphatic rings. The molecule has 3 aromatic heterocycles. The molecule has 0 saturated carbocycles. The summed E-state index contributed by atoms with van der Waals surface area (Å²) in [6, 6.07) is 7.93. The van der Waals surface area contributed by atoms with Gasteiger partial charge in [0.05, 0.1) is 28.4 Å². The minimum Gasteiger partial charge on any atom is -0.325 e. The van der Waals surface area contributed by atoms with E-state index in [4.69, 9.17) is 16.9 Å². The van der Waals surface area contributed by atoms with Crippen molar-refractivity contribution < 1.29 is 4.39 Å². The van der Waals surface area contributed by atoms with Crippen molar-refractivity contribution in [3.8, 4) is 11.8 Å². The molecule has 3 heterocycles. The van der Waals surface area contributed by atoms with Crippen molar-refractivity contribution in [2.45, 2.75) is 13.8 Å². The molecule has 4 aromatic rings. The maximum atomic E-state index is 14.6. The normalized spacial score (nSPS) is 10.8. The summed E-state index contributed by atoms with van der Waals surface area (Å²) in [7, 11) is 0. The first-order valence-corrected chi connectivity index (χ1v) is 8.65. The van der Waals surface area contributed by atoms with Crippen LogP contribution in [0.4, 0.5) is 16.0 Å². The highest BCUT2D eigenvalue weighted by atomic mass is 35.5. The fourth-order valence-electron chi connectivity index (χ4n) is 2.91. The van der Waals surface area contributed by atoms with Crippen LogP contribution in [0.1, 0.15) is 17.1 Å². The zero-order valence-corrected chi connectivity index (χ0v) is 15.7. The van der Waals surface area contributed by atoms with E-state index in [-0.39, 0.29) is 16.3 Å². The van der Waals surface area contributed by atoms with E-state index in [0.717, 1.165) is 11.8 Å². The molecular formula is C19H13ClFN7. The number of aromatic nitrogens is 5. The van der Waals surface area contributed by atoms with Gasteiger partial charge in [0, 0.05) is 29.4 Å². The van der Waals surface area contributed by atoms with Crippen LogP contribution in [-0.2, 0) is 0 Å². The standard InChI is InChI=1S/C19H13ClFN7/c1-10-3-18(26-11(2)25-10)27-17-6-16-13(8-23-17)9-24-28(16)19-14(20)4-12(7-22)5-15(19)21/h3-6,8-9H,1-2H3,(H,23,25,26,27). The number of pyridine rings is 1. The van der Waals surface area contributed by atoms with Gasteiger partial charge in [-0.25, -0.2) is 24.0 Å². The summed E-state index contributed by atoms with van der Waals surface area (Å²) in [5.74, 6) is 1.12. The van der Waals surface area contributed by atoms with Gasteiger partial charge in [0.1, 0.15) is 23.1 Å². The van der Waals surface area contributed by atoms with E-state index >= 15 is 0 Å². The van der Waals surface area contributed by atoms with Crippen molar-refractivity contribution in [1.82, 2.24) is 24.7 Å². The molecule has 138 valence electrons. The smallest absolute Gasteiger partial charge is 0.151 e. The van der Waals surface area contributed by atoms with Crippen molar-refractivity contribution in [2.75, 3.05) is 5.32 Å². The Bertz CT molecular complexity index is 1220. The molecule has 0 amide bonds. The highest BCUT2D eigenvalue weighted by Crippen LogP contribution is 2.29. The van der Waals surface area contributed by atoms with E-state index < -0.39 is 5.82 Å². The lowest BCUT2D eigenvalue weighted by Gasteiger charge is -2.10. The number of nitrogens with zero attached hydrogens (tertiary/aromatic N) is 6. The molecule has 0 fully saturated rings. The molecule has 4 rings (SSSR count). The van der Waals surface area contributed by atoms with E-state index in [2.05, 4.69) is 25.4 Å². The van der Waals surface area contributed by atoms with Gasteiger partial charge in [-0.3, -0.25) is 0 Å². The second kappa shape index (κ2) is 6.87. The van der Waals surface area contributed by atoms with Crippen molar-refractivity contribution in [3.63, 3.8) is 0 Å². The van der Waals surface area contributed by atoms with Gasteiger partial charge in [-0.15, -0.1) is 0 Å². The second-order valence-electron chi connectivity index (χ2n) is 6.15. The van der Waals surface area contributed by atoms with Crippen LogP contribution in [0.25, 0.3) is 16.6 Å². The minimum atomic E-state index is -0.637. The number of nitriles is 1. The highest BCUT2D eigenvalue weighted by Gasteiger charge is 2.16. The fraction of sp³-hybridized carbons (Fsp3) is 0.105. The largest absolute Gasteiger partial charge is 0.325 e. The fourth-order valence-corrected chi connectivity index (χ4v) is 3.20. The maximum Gasteiger partial charge on any atom is 0.151 e. The van der Waals surface area contributed by atoms with E-state index in [9.17, 15) is 4.39 Å². The number of hydrogen-bond acceptors (Lipinski definition) is 6. The van der Waals surface area contributed by atoms with Gasteiger partial charge in [0.2, 0.25) is 0 Å². The lowest BCUT2D eigenvalue weighted by molar-refractivity contribution is 0.613. The zero-order chi connectivity index (χ0) is 19.8. The van der Waals surface area contributed by atoms with Gasteiger partial charge in [0.25, 0.3) is 0 Å². The summed E-state index contributed by atoms with van der Waals surface area (Å²) in [6.07, 6.45) is 3.19. The Labute approximate surface area is 164 Å². The highest BCUT2D eigenvalue weighted by molar-refractivity contribution is 6.32.